The Morgan fingerprint density at radius 3 is 3.00 bits per heavy atom. The van der Waals surface area contributed by atoms with E-state index >= 15 is 0 Å². The molecule has 1 aromatic carbocycles. The van der Waals surface area contributed by atoms with Crippen molar-refractivity contribution in [1.29, 1.82) is 0 Å². The zero-order valence-corrected chi connectivity index (χ0v) is 14.6. The highest BCUT2D eigenvalue weighted by molar-refractivity contribution is 6.32. The molecular weight excluding hydrogens is 346 g/mol. The van der Waals surface area contributed by atoms with Gasteiger partial charge in [0, 0.05) is 13.0 Å². The molecule has 0 aliphatic carbocycles. The van der Waals surface area contributed by atoms with Crippen LogP contribution in [0.25, 0.3) is 0 Å². The summed E-state index contributed by atoms with van der Waals surface area (Å²) in [7, 11) is 0. The molecule has 0 spiro atoms. The first-order chi connectivity index (χ1) is 12.1. The van der Waals surface area contributed by atoms with Gasteiger partial charge >= 0.3 is 0 Å². The first-order valence-corrected chi connectivity index (χ1v) is 8.70. The molecule has 3 rings (SSSR count). The molecule has 0 saturated carbocycles. The number of nitrogens with zero attached hydrogens (tertiary/aromatic N) is 2. The number of nitrogens with one attached hydrogen (secondary N) is 1. The highest BCUT2D eigenvalue weighted by atomic mass is 35.5. The molecule has 2 aliphatic heterocycles. The van der Waals surface area contributed by atoms with Gasteiger partial charge in [0.2, 0.25) is 5.91 Å². The van der Waals surface area contributed by atoms with Crippen molar-refractivity contribution in [3.63, 3.8) is 0 Å². The molecule has 1 fully saturated rings. The van der Waals surface area contributed by atoms with Crippen molar-refractivity contribution >= 4 is 29.6 Å². The second-order valence-electron chi connectivity index (χ2n) is 5.95. The minimum atomic E-state index is -0.324. The van der Waals surface area contributed by atoms with E-state index < -0.39 is 0 Å². The molecule has 2 amide bonds. The summed E-state index contributed by atoms with van der Waals surface area (Å²) < 4.78 is 10.9. The molecule has 25 heavy (non-hydrogen) atoms. The summed E-state index contributed by atoms with van der Waals surface area (Å²) in [5, 5.41) is 4.36. The van der Waals surface area contributed by atoms with Crippen LogP contribution < -0.4 is 14.9 Å². The number of amides is 2. The number of halogens is 1. The number of hydrazone groups is 1. The predicted octanol–water partition coefficient (Wildman–Crippen LogP) is 1.96. The Morgan fingerprint density at radius 1 is 1.28 bits per heavy atom. The highest BCUT2D eigenvalue weighted by Crippen LogP contribution is 2.37. The summed E-state index contributed by atoms with van der Waals surface area (Å²) in [6, 6.07) is 3.43. The average Bonchev–Trinajstić information content (AvgIpc) is 2.80. The van der Waals surface area contributed by atoms with Crippen LogP contribution in [0.5, 0.6) is 11.5 Å². The molecule has 8 heteroatoms. The van der Waals surface area contributed by atoms with Gasteiger partial charge < -0.3 is 14.4 Å². The minimum absolute atomic E-state index is 0.0234. The maximum Gasteiger partial charge on any atom is 0.259 e. The molecule has 134 valence electrons. The normalized spacial score (nSPS) is 17.5. The van der Waals surface area contributed by atoms with Crippen LogP contribution in [0, 0.1) is 0 Å². The zero-order chi connectivity index (χ0) is 17.6. The van der Waals surface area contributed by atoms with E-state index in [1.807, 2.05) is 0 Å². The fraction of sp³-hybridized carbons (Fsp3) is 0.471. The van der Waals surface area contributed by atoms with Crippen LogP contribution in [-0.4, -0.2) is 49.2 Å². The van der Waals surface area contributed by atoms with Gasteiger partial charge in [-0.05, 0) is 30.5 Å². The molecule has 1 aromatic rings. The monoisotopic (exact) mass is 365 g/mol. The summed E-state index contributed by atoms with van der Waals surface area (Å²) in [5.74, 6) is 0.779. The Morgan fingerprint density at radius 2 is 2.12 bits per heavy atom. The van der Waals surface area contributed by atoms with Crippen LogP contribution in [0.4, 0.5) is 0 Å². The molecular formula is C17H20ClN3O4. The average molecular weight is 366 g/mol. The van der Waals surface area contributed by atoms with E-state index in [1.54, 1.807) is 17.0 Å². The largest absolute Gasteiger partial charge is 0.486 e. The fourth-order valence-electron chi connectivity index (χ4n) is 2.80. The smallest absolute Gasteiger partial charge is 0.259 e. The third-order valence-electron chi connectivity index (χ3n) is 4.03. The van der Waals surface area contributed by atoms with Crippen LogP contribution in [0.15, 0.2) is 17.2 Å². The number of hydrogen-bond donors (Lipinski definition) is 1. The topological polar surface area (TPSA) is 80.2 Å². The maximum absolute atomic E-state index is 12.0. The molecule has 0 unspecified atom stereocenters. The first-order valence-electron chi connectivity index (χ1n) is 8.32. The first kappa shape index (κ1) is 17.5. The van der Waals surface area contributed by atoms with Crippen molar-refractivity contribution in [3.05, 3.63) is 22.7 Å². The van der Waals surface area contributed by atoms with Gasteiger partial charge in [-0.15, -0.1) is 0 Å². The summed E-state index contributed by atoms with van der Waals surface area (Å²) in [6.07, 6.45) is 4.82. The van der Waals surface area contributed by atoms with E-state index in [1.165, 1.54) is 6.21 Å². The van der Waals surface area contributed by atoms with Crippen LogP contribution in [0.2, 0.25) is 5.02 Å². The van der Waals surface area contributed by atoms with Crippen LogP contribution >= 0.6 is 11.6 Å². The van der Waals surface area contributed by atoms with E-state index in [-0.39, 0.29) is 18.4 Å². The van der Waals surface area contributed by atoms with Crippen molar-refractivity contribution in [2.24, 2.45) is 5.10 Å². The van der Waals surface area contributed by atoms with Gasteiger partial charge in [0.1, 0.15) is 19.8 Å². The number of hydrogen-bond acceptors (Lipinski definition) is 5. The zero-order valence-electron chi connectivity index (χ0n) is 13.8. The van der Waals surface area contributed by atoms with Gasteiger partial charge in [-0.2, -0.15) is 5.10 Å². The lowest BCUT2D eigenvalue weighted by Crippen LogP contribution is -2.39. The standard InChI is InChI=1S/C17H20ClN3O4/c18-13-8-12(9-14-17(13)25-7-6-24-14)10-19-20-15(22)11-21-5-3-1-2-4-16(21)23/h8-10H,1-7,11H2,(H,20,22)/b19-10-. The molecule has 0 aromatic heterocycles. The van der Waals surface area contributed by atoms with E-state index in [9.17, 15) is 9.59 Å². The third kappa shape index (κ3) is 4.63. The Balaban J connectivity index is 1.56. The molecule has 0 atom stereocenters. The van der Waals surface area contributed by atoms with Gasteiger partial charge in [-0.25, -0.2) is 5.43 Å². The SMILES string of the molecule is O=C(CN1CCCCCC1=O)N/N=C\c1cc(Cl)c2c(c1)OCCO2. The Kier molecular flexibility index (Phi) is 5.75. The van der Waals surface area contributed by atoms with Crippen molar-refractivity contribution in [1.82, 2.24) is 10.3 Å². The van der Waals surface area contributed by atoms with E-state index in [0.29, 0.717) is 48.3 Å². The van der Waals surface area contributed by atoms with E-state index in [4.69, 9.17) is 21.1 Å². The lowest BCUT2D eigenvalue weighted by Gasteiger charge is -2.19. The molecule has 0 bridgehead atoms. The van der Waals surface area contributed by atoms with Crippen LogP contribution in [0.3, 0.4) is 0 Å². The summed E-state index contributed by atoms with van der Waals surface area (Å²) in [5.41, 5.74) is 3.12. The van der Waals surface area contributed by atoms with Gasteiger partial charge in [-0.3, -0.25) is 9.59 Å². The molecule has 0 radical (unpaired) electrons. The Labute approximate surface area is 150 Å². The third-order valence-corrected chi connectivity index (χ3v) is 4.31. The second-order valence-corrected chi connectivity index (χ2v) is 6.35. The van der Waals surface area contributed by atoms with Crippen LogP contribution in [0.1, 0.15) is 31.2 Å². The van der Waals surface area contributed by atoms with Gasteiger partial charge in [0.05, 0.1) is 11.2 Å². The van der Waals surface area contributed by atoms with Crippen molar-refractivity contribution in [2.75, 3.05) is 26.3 Å². The van der Waals surface area contributed by atoms with Crippen molar-refractivity contribution in [3.8, 4) is 11.5 Å². The number of rotatable bonds is 4. The predicted molar refractivity (Wildman–Crippen MR) is 93.2 cm³/mol. The Hall–Kier alpha value is -2.28. The van der Waals surface area contributed by atoms with E-state index in [0.717, 1.165) is 19.3 Å². The number of likely N-dealkylation sites (tertiary alicyclic amines) is 1. The van der Waals surface area contributed by atoms with Crippen molar-refractivity contribution in [2.45, 2.75) is 25.7 Å². The molecule has 2 heterocycles. The summed E-state index contributed by atoms with van der Waals surface area (Å²) in [6.45, 7) is 1.57. The lowest BCUT2D eigenvalue weighted by molar-refractivity contribution is -0.135. The number of carbonyl (C=O) groups is 2. The summed E-state index contributed by atoms with van der Waals surface area (Å²) >= 11 is 6.15. The summed E-state index contributed by atoms with van der Waals surface area (Å²) in [4.78, 5) is 25.4. The highest BCUT2D eigenvalue weighted by Gasteiger charge is 2.19. The quantitative estimate of drug-likeness (QED) is 0.653. The molecule has 7 nitrogen and oxygen atoms in total. The number of fused-ring (bicyclic) bond motifs is 1. The number of carbonyl (C=O) groups excluding carboxylic acids is 2. The maximum atomic E-state index is 12.0. The molecule has 2 aliphatic rings. The van der Waals surface area contributed by atoms with Crippen molar-refractivity contribution < 1.29 is 19.1 Å². The van der Waals surface area contributed by atoms with Gasteiger partial charge in [-0.1, -0.05) is 18.0 Å². The van der Waals surface area contributed by atoms with Crippen LogP contribution in [-0.2, 0) is 9.59 Å². The van der Waals surface area contributed by atoms with Gasteiger partial charge in [0.15, 0.2) is 11.5 Å². The van der Waals surface area contributed by atoms with E-state index in [2.05, 4.69) is 10.5 Å². The van der Waals surface area contributed by atoms with Gasteiger partial charge in [0.25, 0.3) is 5.91 Å². The lowest BCUT2D eigenvalue weighted by atomic mass is 10.2. The number of benzene rings is 1. The molecule has 1 saturated heterocycles. The Bertz CT molecular complexity index is 693. The number of ether oxygens (including phenoxy) is 2. The molecule has 1 N–H and O–H groups in total. The second kappa shape index (κ2) is 8.20. The fourth-order valence-corrected chi connectivity index (χ4v) is 3.07. The minimum Gasteiger partial charge on any atom is -0.486 e.